The second-order valence-electron chi connectivity index (χ2n) is 4.57. The number of hydrogen-bond acceptors (Lipinski definition) is 2. The molecule has 20 heavy (non-hydrogen) atoms. The molecule has 0 saturated heterocycles. The van der Waals surface area contributed by atoms with Gasteiger partial charge in [0.25, 0.3) is 0 Å². The molecule has 0 aliphatic rings. The number of para-hydroxylation sites is 1. The molecule has 0 radical (unpaired) electrons. The molecule has 3 aromatic rings. The van der Waals surface area contributed by atoms with Crippen LogP contribution in [0.3, 0.4) is 0 Å². The molecule has 4 heteroatoms. The topological polar surface area (TPSA) is 25.2 Å². The lowest BCUT2D eigenvalue weighted by Gasteiger charge is -2.15. The molecular formula is C16H13ClFNO. The van der Waals surface area contributed by atoms with Crippen LogP contribution < -0.4 is 5.32 Å². The summed E-state index contributed by atoms with van der Waals surface area (Å²) in [6, 6.07) is 13.8. The lowest BCUT2D eigenvalue weighted by atomic mass is 10.0. The Balaban J connectivity index is 2.11. The molecule has 2 aromatic carbocycles. The molecule has 0 saturated carbocycles. The van der Waals surface area contributed by atoms with Crippen LogP contribution in [0.2, 0.25) is 5.02 Å². The van der Waals surface area contributed by atoms with Crippen molar-refractivity contribution in [3.63, 3.8) is 0 Å². The average Bonchev–Trinajstić information content (AvgIpc) is 2.87. The van der Waals surface area contributed by atoms with Gasteiger partial charge in [-0.25, -0.2) is 4.39 Å². The summed E-state index contributed by atoms with van der Waals surface area (Å²) in [6.07, 6.45) is 0. The van der Waals surface area contributed by atoms with E-state index in [1.165, 1.54) is 12.1 Å². The van der Waals surface area contributed by atoms with Gasteiger partial charge in [-0.05, 0) is 37.4 Å². The van der Waals surface area contributed by atoms with Gasteiger partial charge in [0.2, 0.25) is 0 Å². The van der Waals surface area contributed by atoms with Crippen molar-refractivity contribution < 1.29 is 8.81 Å². The molecule has 0 aliphatic heterocycles. The minimum atomic E-state index is -0.374. The Morgan fingerprint density at radius 2 is 1.95 bits per heavy atom. The van der Waals surface area contributed by atoms with Crippen molar-refractivity contribution in [3.05, 3.63) is 70.7 Å². The molecule has 0 bridgehead atoms. The molecule has 0 spiro atoms. The maximum atomic E-state index is 14.0. The first-order valence-corrected chi connectivity index (χ1v) is 6.67. The van der Waals surface area contributed by atoms with Crippen LogP contribution in [0, 0.1) is 5.82 Å². The first-order chi connectivity index (χ1) is 9.69. The molecule has 1 atom stereocenters. The van der Waals surface area contributed by atoms with Crippen molar-refractivity contribution >= 4 is 22.6 Å². The zero-order valence-electron chi connectivity index (χ0n) is 10.9. The summed E-state index contributed by atoms with van der Waals surface area (Å²) in [6.45, 7) is 0. The Hall–Kier alpha value is -1.84. The van der Waals surface area contributed by atoms with E-state index in [1.54, 1.807) is 13.1 Å². The first-order valence-electron chi connectivity index (χ1n) is 6.29. The van der Waals surface area contributed by atoms with Gasteiger partial charge in [-0.1, -0.05) is 29.8 Å². The van der Waals surface area contributed by atoms with Gasteiger partial charge in [-0.2, -0.15) is 0 Å². The summed E-state index contributed by atoms with van der Waals surface area (Å²) in [5.41, 5.74) is 1.25. The predicted octanol–water partition coefficient (Wildman–Crippen LogP) is 4.53. The summed E-state index contributed by atoms with van der Waals surface area (Å²) in [5.74, 6) is 0.351. The van der Waals surface area contributed by atoms with E-state index >= 15 is 0 Å². The predicted molar refractivity (Wildman–Crippen MR) is 78.5 cm³/mol. The Bertz CT molecular complexity index is 720. The summed E-state index contributed by atoms with van der Waals surface area (Å²) in [7, 11) is 1.76. The second kappa shape index (κ2) is 5.27. The minimum absolute atomic E-state index is 0.311. The van der Waals surface area contributed by atoms with Gasteiger partial charge < -0.3 is 9.73 Å². The lowest BCUT2D eigenvalue weighted by Crippen LogP contribution is -2.18. The highest BCUT2D eigenvalue weighted by Gasteiger charge is 2.20. The third-order valence-electron chi connectivity index (χ3n) is 3.29. The fourth-order valence-corrected chi connectivity index (χ4v) is 2.51. The van der Waals surface area contributed by atoms with E-state index in [0.29, 0.717) is 16.3 Å². The van der Waals surface area contributed by atoms with Crippen molar-refractivity contribution in [3.8, 4) is 0 Å². The highest BCUT2D eigenvalue weighted by molar-refractivity contribution is 6.30. The molecular weight excluding hydrogens is 277 g/mol. The van der Waals surface area contributed by atoms with Crippen LogP contribution in [0.25, 0.3) is 11.0 Å². The quantitative estimate of drug-likeness (QED) is 0.766. The third-order valence-corrected chi connectivity index (χ3v) is 3.52. The Labute approximate surface area is 121 Å². The van der Waals surface area contributed by atoms with Crippen LogP contribution in [0.1, 0.15) is 17.4 Å². The summed E-state index contributed by atoms with van der Waals surface area (Å²) in [5, 5.41) is 4.56. The number of nitrogens with one attached hydrogen (secondary N) is 1. The lowest BCUT2D eigenvalue weighted by molar-refractivity contribution is 0.476. The number of halogens is 2. The van der Waals surface area contributed by atoms with Gasteiger partial charge in [0.1, 0.15) is 17.2 Å². The number of rotatable bonds is 3. The second-order valence-corrected chi connectivity index (χ2v) is 5.01. The molecule has 1 N–H and O–H groups in total. The van der Waals surface area contributed by atoms with Crippen LogP contribution >= 0.6 is 11.6 Å². The van der Waals surface area contributed by atoms with Crippen molar-refractivity contribution in [2.24, 2.45) is 0 Å². The maximum absolute atomic E-state index is 14.0. The van der Waals surface area contributed by atoms with Crippen molar-refractivity contribution in [2.75, 3.05) is 7.05 Å². The summed E-state index contributed by atoms with van der Waals surface area (Å²) < 4.78 is 19.8. The third kappa shape index (κ3) is 2.30. The summed E-state index contributed by atoms with van der Waals surface area (Å²) >= 11 is 5.96. The van der Waals surface area contributed by atoms with Gasteiger partial charge in [-0.3, -0.25) is 0 Å². The zero-order chi connectivity index (χ0) is 14.1. The molecule has 0 aliphatic carbocycles. The minimum Gasteiger partial charge on any atom is -0.459 e. The molecule has 1 heterocycles. The highest BCUT2D eigenvalue weighted by Crippen LogP contribution is 2.30. The van der Waals surface area contributed by atoms with Crippen LogP contribution in [0.4, 0.5) is 4.39 Å². The number of hydrogen-bond donors (Lipinski definition) is 1. The monoisotopic (exact) mass is 289 g/mol. The molecule has 3 rings (SSSR count). The fraction of sp³-hybridized carbons (Fsp3) is 0.125. The van der Waals surface area contributed by atoms with Gasteiger partial charge in [0.15, 0.2) is 0 Å². The van der Waals surface area contributed by atoms with Gasteiger partial charge in [0, 0.05) is 16.0 Å². The summed E-state index contributed by atoms with van der Waals surface area (Å²) in [4.78, 5) is 0. The average molecular weight is 290 g/mol. The fourth-order valence-electron chi connectivity index (χ4n) is 2.33. The maximum Gasteiger partial charge on any atom is 0.134 e. The normalized spacial score (nSPS) is 12.8. The molecule has 1 aromatic heterocycles. The molecule has 102 valence electrons. The van der Waals surface area contributed by atoms with E-state index in [2.05, 4.69) is 5.32 Å². The van der Waals surface area contributed by atoms with Crippen molar-refractivity contribution in [1.82, 2.24) is 5.32 Å². The number of benzene rings is 2. The molecule has 0 amide bonds. The zero-order valence-corrected chi connectivity index (χ0v) is 11.6. The van der Waals surface area contributed by atoms with E-state index in [0.717, 1.165) is 11.0 Å². The van der Waals surface area contributed by atoms with Gasteiger partial charge in [-0.15, -0.1) is 0 Å². The van der Waals surface area contributed by atoms with Crippen LogP contribution in [0.15, 0.2) is 52.9 Å². The number of furan rings is 1. The first kappa shape index (κ1) is 13.2. The van der Waals surface area contributed by atoms with Crippen LogP contribution in [-0.2, 0) is 0 Å². The van der Waals surface area contributed by atoms with E-state index in [-0.39, 0.29) is 11.9 Å². The van der Waals surface area contributed by atoms with E-state index in [1.807, 2.05) is 30.3 Å². The smallest absolute Gasteiger partial charge is 0.134 e. The van der Waals surface area contributed by atoms with Crippen molar-refractivity contribution in [2.45, 2.75) is 6.04 Å². The van der Waals surface area contributed by atoms with Crippen LogP contribution in [-0.4, -0.2) is 7.05 Å². The Morgan fingerprint density at radius 1 is 1.15 bits per heavy atom. The largest absolute Gasteiger partial charge is 0.459 e. The van der Waals surface area contributed by atoms with E-state index < -0.39 is 0 Å². The van der Waals surface area contributed by atoms with Gasteiger partial charge >= 0.3 is 0 Å². The Morgan fingerprint density at radius 3 is 2.70 bits per heavy atom. The highest BCUT2D eigenvalue weighted by atomic mass is 35.5. The van der Waals surface area contributed by atoms with E-state index in [9.17, 15) is 4.39 Å². The molecule has 0 fully saturated rings. The standard InChI is InChI=1S/C16H13ClFNO/c1-19-16(12-9-11(17)6-7-13(12)18)15-8-10-4-2-3-5-14(10)20-15/h2-9,16,19H,1H3. The Kier molecular flexibility index (Phi) is 3.47. The van der Waals surface area contributed by atoms with Crippen LogP contribution in [0.5, 0.6) is 0 Å². The molecule has 2 nitrogen and oxygen atoms in total. The SMILES string of the molecule is CNC(c1cc2ccccc2o1)c1cc(Cl)ccc1F. The molecule has 1 unspecified atom stereocenters. The van der Waals surface area contributed by atoms with Gasteiger partial charge in [0.05, 0.1) is 6.04 Å². The van der Waals surface area contributed by atoms with Crippen molar-refractivity contribution in [1.29, 1.82) is 0 Å². The number of fused-ring (bicyclic) bond motifs is 1. The van der Waals surface area contributed by atoms with E-state index in [4.69, 9.17) is 16.0 Å².